The molecule has 0 bridgehead atoms. The molecule has 1 aromatic heterocycles. The molecule has 116 valence electrons. The molecule has 0 unspecified atom stereocenters. The second-order valence-electron chi connectivity index (χ2n) is 5.05. The maximum absolute atomic E-state index is 11.0. The topological polar surface area (TPSA) is 94.1 Å². The van der Waals surface area contributed by atoms with Crippen molar-refractivity contribution in [2.75, 3.05) is 0 Å². The molecule has 0 spiro atoms. The summed E-state index contributed by atoms with van der Waals surface area (Å²) in [6, 6.07) is 13.8. The Morgan fingerprint density at radius 2 is 2.00 bits per heavy atom. The van der Waals surface area contributed by atoms with Crippen LogP contribution in [0.3, 0.4) is 0 Å². The predicted molar refractivity (Wildman–Crippen MR) is 84.1 cm³/mol. The number of non-ortho nitro benzene ring substituents is 1. The summed E-state index contributed by atoms with van der Waals surface area (Å²) in [6.07, 6.45) is 0. The quantitative estimate of drug-likeness (QED) is 0.590. The third kappa shape index (κ3) is 2.69. The van der Waals surface area contributed by atoms with Crippen molar-refractivity contribution >= 4 is 5.69 Å². The van der Waals surface area contributed by atoms with E-state index in [-0.39, 0.29) is 12.3 Å². The Morgan fingerprint density at radius 1 is 1.22 bits per heavy atom. The number of rotatable bonds is 4. The second-order valence-corrected chi connectivity index (χ2v) is 5.05. The van der Waals surface area contributed by atoms with Crippen LogP contribution in [0.1, 0.15) is 11.3 Å². The van der Waals surface area contributed by atoms with Gasteiger partial charge in [0.15, 0.2) is 0 Å². The van der Waals surface area contributed by atoms with Gasteiger partial charge in [0.25, 0.3) is 5.69 Å². The molecule has 1 N–H and O–H groups in total. The second kappa shape index (κ2) is 5.98. The first-order valence-corrected chi connectivity index (χ1v) is 6.98. The monoisotopic (exact) mass is 310 g/mol. The average Bonchev–Trinajstić information content (AvgIpc) is 2.99. The minimum Gasteiger partial charge on any atom is -0.390 e. The third-order valence-electron chi connectivity index (χ3n) is 3.58. The van der Waals surface area contributed by atoms with Gasteiger partial charge in [0.1, 0.15) is 11.4 Å². The fraction of sp³-hybridized carbons (Fsp3) is 0.125. The number of aliphatic hydroxyl groups is 1. The zero-order valence-corrected chi connectivity index (χ0v) is 12.4. The van der Waals surface area contributed by atoms with Gasteiger partial charge in [-0.1, -0.05) is 35.5 Å². The maximum Gasteiger partial charge on any atom is 0.271 e. The van der Waals surface area contributed by atoms with Crippen molar-refractivity contribution in [2.24, 2.45) is 0 Å². The molecule has 0 saturated carbocycles. The van der Waals surface area contributed by atoms with Crippen molar-refractivity contribution in [3.05, 3.63) is 69.9 Å². The molecule has 7 nitrogen and oxygen atoms in total. The lowest BCUT2D eigenvalue weighted by Crippen LogP contribution is -2.02. The molecule has 3 aromatic rings. The highest BCUT2D eigenvalue weighted by molar-refractivity contribution is 5.68. The van der Waals surface area contributed by atoms with Crippen LogP contribution in [0.4, 0.5) is 5.69 Å². The Labute approximate surface area is 132 Å². The number of hydrogen-bond acceptors (Lipinski definition) is 5. The molecule has 0 atom stereocenters. The summed E-state index contributed by atoms with van der Waals surface area (Å²) in [5.41, 5.74) is 3.41. The van der Waals surface area contributed by atoms with Crippen LogP contribution in [-0.4, -0.2) is 25.0 Å². The van der Waals surface area contributed by atoms with Crippen LogP contribution in [0.25, 0.3) is 16.9 Å². The lowest BCUT2D eigenvalue weighted by Gasteiger charge is -2.10. The predicted octanol–water partition coefficient (Wildman–Crippen LogP) is 2.64. The molecule has 0 fully saturated rings. The van der Waals surface area contributed by atoms with Crippen molar-refractivity contribution in [1.29, 1.82) is 0 Å². The minimum atomic E-state index is -0.458. The third-order valence-corrected chi connectivity index (χ3v) is 3.58. The fourth-order valence-corrected chi connectivity index (χ4v) is 2.45. The lowest BCUT2D eigenvalue weighted by atomic mass is 10.0. The number of aliphatic hydroxyl groups excluding tert-OH is 1. The maximum atomic E-state index is 11.0. The van der Waals surface area contributed by atoms with E-state index < -0.39 is 4.92 Å². The largest absolute Gasteiger partial charge is 0.390 e. The highest BCUT2D eigenvalue weighted by Gasteiger charge is 2.18. The lowest BCUT2D eigenvalue weighted by molar-refractivity contribution is -0.384. The summed E-state index contributed by atoms with van der Waals surface area (Å²) in [5.74, 6) is 0. The summed E-state index contributed by atoms with van der Waals surface area (Å²) in [6.45, 7) is 1.68. The molecule has 2 aromatic carbocycles. The van der Waals surface area contributed by atoms with Crippen LogP contribution in [0.15, 0.2) is 48.5 Å². The van der Waals surface area contributed by atoms with Crippen LogP contribution < -0.4 is 0 Å². The van der Waals surface area contributed by atoms with Crippen LogP contribution in [0.5, 0.6) is 0 Å². The Bertz CT molecular complexity index is 873. The van der Waals surface area contributed by atoms with E-state index in [2.05, 4.69) is 10.3 Å². The smallest absolute Gasteiger partial charge is 0.271 e. The van der Waals surface area contributed by atoms with Gasteiger partial charge in [-0.2, -0.15) is 0 Å². The van der Waals surface area contributed by atoms with Gasteiger partial charge in [-0.15, -0.1) is 5.10 Å². The van der Waals surface area contributed by atoms with Gasteiger partial charge in [-0.05, 0) is 18.6 Å². The molecular formula is C16H14N4O3. The van der Waals surface area contributed by atoms with Crippen LogP contribution in [-0.2, 0) is 6.61 Å². The summed E-state index contributed by atoms with van der Waals surface area (Å²) in [7, 11) is 0. The van der Waals surface area contributed by atoms with E-state index in [0.717, 1.165) is 11.1 Å². The first-order valence-electron chi connectivity index (χ1n) is 6.98. The standard InChI is InChI=1S/C16H14N4O3/c1-11-5-2-3-8-14(11)16-15(10-21)17-18-19(16)12-6-4-7-13(9-12)20(22)23/h2-9,21H,10H2,1H3. The minimum absolute atomic E-state index is 0.0284. The Hall–Kier alpha value is -3.06. The van der Waals surface area contributed by atoms with E-state index in [9.17, 15) is 15.2 Å². The molecule has 23 heavy (non-hydrogen) atoms. The van der Waals surface area contributed by atoms with Crippen molar-refractivity contribution in [3.63, 3.8) is 0 Å². The van der Waals surface area contributed by atoms with E-state index >= 15 is 0 Å². The van der Waals surface area contributed by atoms with Crippen molar-refractivity contribution in [1.82, 2.24) is 15.0 Å². The van der Waals surface area contributed by atoms with Gasteiger partial charge in [0.2, 0.25) is 0 Å². The molecule has 0 radical (unpaired) electrons. The zero-order chi connectivity index (χ0) is 16.4. The van der Waals surface area contributed by atoms with Gasteiger partial charge in [0, 0.05) is 17.7 Å². The van der Waals surface area contributed by atoms with Crippen molar-refractivity contribution in [2.45, 2.75) is 13.5 Å². The first kappa shape index (κ1) is 14.9. The zero-order valence-electron chi connectivity index (χ0n) is 12.4. The van der Waals surface area contributed by atoms with Gasteiger partial charge in [0.05, 0.1) is 17.2 Å². The summed E-state index contributed by atoms with van der Waals surface area (Å²) in [4.78, 5) is 10.5. The van der Waals surface area contributed by atoms with Gasteiger partial charge in [-0.3, -0.25) is 10.1 Å². The Morgan fingerprint density at radius 3 is 2.70 bits per heavy atom. The SMILES string of the molecule is Cc1ccccc1-c1c(CO)nnn1-c1cccc([N+](=O)[O-])c1. The number of nitro groups is 1. The number of nitrogens with zero attached hydrogens (tertiary/aromatic N) is 4. The molecule has 0 aliphatic heterocycles. The number of hydrogen-bond donors (Lipinski definition) is 1. The molecule has 3 rings (SSSR count). The van der Waals surface area contributed by atoms with Crippen molar-refractivity contribution < 1.29 is 10.0 Å². The van der Waals surface area contributed by atoms with E-state index in [4.69, 9.17) is 0 Å². The van der Waals surface area contributed by atoms with E-state index in [1.54, 1.807) is 12.1 Å². The molecule has 1 heterocycles. The van der Waals surface area contributed by atoms with Crippen LogP contribution in [0.2, 0.25) is 0 Å². The first-order chi connectivity index (χ1) is 11.1. The molecule has 0 aliphatic carbocycles. The highest BCUT2D eigenvalue weighted by Crippen LogP contribution is 2.29. The molecule has 0 aliphatic rings. The molecule has 0 saturated heterocycles. The van der Waals surface area contributed by atoms with E-state index in [1.165, 1.54) is 16.8 Å². The summed E-state index contributed by atoms with van der Waals surface area (Å²) in [5, 5.41) is 28.6. The van der Waals surface area contributed by atoms with E-state index in [0.29, 0.717) is 17.1 Å². The van der Waals surface area contributed by atoms with E-state index in [1.807, 2.05) is 31.2 Å². The summed E-state index contributed by atoms with van der Waals surface area (Å²) < 4.78 is 1.51. The van der Waals surface area contributed by atoms with Gasteiger partial charge < -0.3 is 5.11 Å². The summed E-state index contributed by atoms with van der Waals surface area (Å²) >= 11 is 0. The Balaban J connectivity index is 2.22. The van der Waals surface area contributed by atoms with Crippen LogP contribution >= 0.6 is 0 Å². The molecule has 0 amide bonds. The number of nitro benzene ring substituents is 1. The Kier molecular flexibility index (Phi) is 3.86. The number of benzene rings is 2. The number of aromatic nitrogens is 3. The fourth-order valence-electron chi connectivity index (χ4n) is 2.45. The van der Waals surface area contributed by atoms with Crippen molar-refractivity contribution in [3.8, 4) is 16.9 Å². The normalized spacial score (nSPS) is 10.7. The number of aryl methyl sites for hydroxylation is 1. The molecule has 7 heteroatoms. The highest BCUT2D eigenvalue weighted by atomic mass is 16.6. The molecular weight excluding hydrogens is 296 g/mol. The van der Waals surface area contributed by atoms with Crippen LogP contribution in [0, 0.1) is 17.0 Å². The van der Waals surface area contributed by atoms with Gasteiger partial charge >= 0.3 is 0 Å². The average molecular weight is 310 g/mol. The van der Waals surface area contributed by atoms with Gasteiger partial charge in [-0.25, -0.2) is 4.68 Å².